The number of halogens is 1. The molecule has 3 aliphatic rings. The van der Waals surface area contributed by atoms with Gasteiger partial charge in [-0.2, -0.15) is 0 Å². The molecule has 0 aromatic heterocycles. The number of nitrogens with one attached hydrogen (secondary N) is 2. The maximum absolute atomic E-state index is 11.0. The minimum Gasteiger partial charge on any atom is -0.392 e. The molecule has 0 saturated carbocycles. The lowest BCUT2D eigenvalue weighted by molar-refractivity contribution is -0.106. The summed E-state index contributed by atoms with van der Waals surface area (Å²) in [6.07, 6.45) is -1.16. The van der Waals surface area contributed by atoms with E-state index in [1.807, 2.05) is 6.07 Å². The minimum absolute atomic E-state index is 0.00557. The normalized spacial score (nSPS) is 41.4. The number of likely N-dealkylation sites (tertiary alicyclic amines) is 1. The molecule has 3 aliphatic heterocycles. The Kier molecular flexibility index (Phi) is 5.69. The molecule has 0 aliphatic carbocycles. The first-order valence-corrected chi connectivity index (χ1v) is 10.1. The predicted octanol–water partition coefficient (Wildman–Crippen LogP) is -0.705. The highest BCUT2D eigenvalue weighted by Crippen LogP contribution is 2.39. The van der Waals surface area contributed by atoms with Gasteiger partial charge < -0.3 is 25.8 Å². The van der Waals surface area contributed by atoms with Gasteiger partial charge in [0, 0.05) is 30.6 Å². The Hall–Kier alpha value is -0.810. The number of benzene rings is 1. The van der Waals surface area contributed by atoms with E-state index in [0.717, 1.165) is 18.5 Å². The Bertz CT molecular complexity index is 721. The van der Waals surface area contributed by atoms with Crippen LogP contribution in [-0.4, -0.2) is 69.8 Å². The highest BCUT2D eigenvalue weighted by atomic mass is 35.5. The van der Waals surface area contributed by atoms with Crippen LogP contribution in [0.15, 0.2) is 18.2 Å². The van der Waals surface area contributed by atoms with Crippen molar-refractivity contribution in [1.29, 1.82) is 0 Å². The SMILES string of the molecule is C[C@@]1(O)[C@@H](Cc2ccc(Cl)cc2CO)O[C@@H](N2CCC3C(N)NCNC32)[C@@H]1O. The topological polar surface area (TPSA) is 123 Å². The van der Waals surface area contributed by atoms with Gasteiger partial charge >= 0.3 is 0 Å². The van der Waals surface area contributed by atoms with E-state index in [1.54, 1.807) is 19.1 Å². The molecule has 7 N–H and O–H groups in total. The van der Waals surface area contributed by atoms with Crippen molar-refractivity contribution in [2.45, 2.75) is 62.7 Å². The molecule has 28 heavy (non-hydrogen) atoms. The van der Waals surface area contributed by atoms with Gasteiger partial charge in [-0.3, -0.25) is 15.5 Å². The van der Waals surface area contributed by atoms with Crippen LogP contribution in [0.4, 0.5) is 0 Å². The van der Waals surface area contributed by atoms with Crippen molar-refractivity contribution < 1.29 is 20.1 Å². The Balaban J connectivity index is 1.53. The summed E-state index contributed by atoms with van der Waals surface area (Å²) in [4.78, 5) is 2.07. The molecule has 9 heteroatoms. The lowest BCUT2D eigenvalue weighted by Gasteiger charge is -2.39. The van der Waals surface area contributed by atoms with Gasteiger partial charge in [0.2, 0.25) is 0 Å². The molecular weight excluding hydrogens is 384 g/mol. The van der Waals surface area contributed by atoms with E-state index in [2.05, 4.69) is 15.5 Å². The van der Waals surface area contributed by atoms with Crippen LogP contribution in [0.1, 0.15) is 24.5 Å². The van der Waals surface area contributed by atoms with E-state index in [9.17, 15) is 15.3 Å². The van der Waals surface area contributed by atoms with Gasteiger partial charge in [0.05, 0.1) is 25.0 Å². The fourth-order valence-corrected chi connectivity index (χ4v) is 4.91. The van der Waals surface area contributed by atoms with Crippen LogP contribution in [-0.2, 0) is 17.8 Å². The zero-order chi connectivity index (χ0) is 20.1. The first kappa shape index (κ1) is 20.5. The molecule has 7 atom stereocenters. The summed E-state index contributed by atoms with van der Waals surface area (Å²) in [5.41, 5.74) is 6.28. The Labute approximate surface area is 169 Å². The fraction of sp³-hybridized carbons (Fsp3) is 0.684. The molecule has 8 nitrogen and oxygen atoms in total. The maximum atomic E-state index is 11.0. The third kappa shape index (κ3) is 3.47. The minimum atomic E-state index is -1.43. The quantitative estimate of drug-likeness (QED) is 0.383. The highest BCUT2D eigenvalue weighted by Gasteiger charge is 2.56. The molecular formula is C19H29ClN4O4. The maximum Gasteiger partial charge on any atom is 0.141 e. The van der Waals surface area contributed by atoms with Gasteiger partial charge in [0.1, 0.15) is 17.9 Å². The summed E-state index contributed by atoms with van der Waals surface area (Å²) < 4.78 is 6.20. The van der Waals surface area contributed by atoms with Crippen molar-refractivity contribution >= 4 is 11.6 Å². The van der Waals surface area contributed by atoms with E-state index in [0.29, 0.717) is 23.7 Å². The molecule has 1 aromatic carbocycles. The molecule has 1 aromatic rings. The lowest BCUT2D eigenvalue weighted by atomic mass is 9.89. The molecule has 0 bridgehead atoms. The van der Waals surface area contributed by atoms with Gasteiger partial charge in [-0.15, -0.1) is 0 Å². The van der Waals surface area contributed by atoms with Gasteiger partial charge in [-0.05, 0) is 36.6 Å². The fourth-order valence-electron chi connectivity index (χ4n) is 4.72. The summed E-state index contributed by atoms with van der Waals surface area (Å²) in [7, 11) is 0. The van der Waals surface area contributed by atoms with Crippen LogP contribution < -0.4 is 16.4 Å². The Morgan fingerprint density at radius 2 is 2.14 bits per heavy atom. The van der Waals surface area contributed by atoms with Crippen LogP contribution in [0, 0.1) is 5.92 Å². The van der Waals surface area contributed by atoms with Crippen molar-refractivity contribution in [2.24, 2.45) is 11.7 Å². The molecule has 156 valence electrons. The summed E-state index contributed by atoms with van der Waals surface area (Å²) in [6, 6.07) is 5.28. The van der Waals surface area contributed by atoms with E-state index >= 15 is 0 Å². The summed E-state index contributed by atoms with van der Waals surface area (Å²) in [5, 5.41) is 38.7. The zero-order valence-corrected chi connectivity index (χ0v) is 16.6. The van der Waals surface area contributed by atoms with Gasteiger partial charge in [0.25, 0.3) is 0 Å². The monoisotopic (exact) mass is 412 g/mol. The van der Waals surface area contributed by atoms with Crippen LogP contribution in [0.5, 0.6) is 0 Å². The standard InChI is InChI=1S/C19H29ClN4O4/c1-19(27)14(7-10-2-3-12(20)6-11(10)8-25)28-18(15(19)26)24-5-4-13-16(21)22-9-23-17(13)24/h2-3,6,13-18,22-23,25-27H,4-5,7-9,21H2,1H3/t13?,14-,15+,16?,17?,18-,19-/m1/s1. The molecule has 0 radical (unpaired) electrons. The number of aliphatic hydroxyl groups is 3. The largest absolute Gasteiger partial charge is 0.392 e. The zero-order valence-electron chi connectivity index (χ0n) is 15.9. The second kappa shape index (κ2) is 7.79. The third-order valence-corrected chi connectivity index (χ3v) is 6.72. The first-order chi connectivity index (χ1) is 13.3. The molecule has 3 saturated heterocycles. The second-order valence-corrected chi connectivity index (χ2v) is 8.64. The number of aliphatic hydroxyl groups excluding tert-OH is 2. The van der Waals surface area contributed by atoms with Crippen LogP contribution in [0.25, 0.3) is 0 Å². The van der Waals surface area contributed by atoms with E-state index in [4.69, 9.17) is 22.1 Å². The summed E-state index contributed by atoms with van der Waals surface area (Å²) >= 11 is 6.02. The van der Waals surface area contributed by atoms with Crippen molar-refractivity contribution in [3.8, 4) is 0 Å². The van der Waals surface area contributed by atoms with E-state index in [1.165, 1.54) is 0 Å². The molecule has 0 amide bonds. The number of hydrogen-bond acceptors (Lipinski definition) is 8. The Morgan fingerprint density at radius 3 is 2.89 bits per heavy atom. The molecule has 0 spiro atoms. The van der Waals surface area contributed by atoms with Crippen molar-refractivity contribution in [1.82, 2.24) is 15.5 Å². The summed E-state index contributed by atoms with van der Waals surface area (Å²) in [6.45, 7) is 2.77. The average molecular weight is 413 g/mol. The first-order valence-electron chi connectivity index (χ1n) is 9.75. The molecule has 3 fully saturated rings. The number of nitrogens with zero attached hydrogens (tertiary/aromatic N) is 1. The van der Waals surface area contributed by atoms with Crippen LogP contribution in [0.2, 0.25) is 5.02 Å². The van der Waals surface area contributed by atoms with E-state index < -0.39 is 24.0 Å². The second-order valence-electron chi connectivity index (χ2n) is 8.21. The smallest absolute Gasteiger partial charge is 0.141 e. The van der Waals surface area contributed by atoms with Gasteiger partial charge in [-0.25, -0.2) is 0 Å². The highest BCUT2D eigenvalue weighted by molar-refractivity contribution is 6.30. The molecule has 4 rings (SSSR count). The number of ether oxygens (including phenoxy) is 1. The van der Waals surface area contributed by atoms with Gasteiger partial charge in [-0.1, -0.05) is 17.7 Å². The predicted molar refractivity (Wildman–Crippen MR) is 104 cm³/mol. The van der Waals surface area contributed by atoms with Gasteiger partial charge in [0.15, 0.2) is 0 Å². The third-order valence-electron chi connectivity index (χ3n) is 6.49. The number of fused-ring (bicyclic) bond motifs is 1. The Morgan fingerprint density at radius 1 is 1.36 bits per heavy atom. The summed E-state index contributed by atoms with van der Waals surface area (Å²) in [5.74, 6) is 0.214. The average Bonchev–Trinajstić information content (AvgIpc) is 3.18. The van der Waals surface area contributed by atoms with Crippen molar-refractivity contribution in [2.75, 3.05) is 13.2 Å². The van der Waals surface area contributed by atoms with E-state index in [-0.39, 0.29) is 24.9 Å². The van der Waals surface area contributed by atoms with Crippen LogP contribution in [0.3, 0.4) is 0 Å². The lowest BCUT2D eigenvalue weighted by Crippen LogP contribution is -2.64. The van der Waals surface area contributed by atoms with Crippen molar-refractivity contribution in [3.05, 3.63) is 34.3 Å². The molecule has 3 unspecified atom stereocenters. The number of rotatable bonds is 4. The number of hydrogen-bond donors (Lipinski definition) is 6. The number of nitrogens with two attached hydrogens (primary N) is 1. The van der Waals surface area contributed by atoms with Crippen molar-refractivity contribution in [3.63, 3.8) is 0 Å². The molecule has 3 heterocycles. The van der Waals surface area contributed by atoms with Crippen LogP contribution >= 0.6 is 11.6 Å².